The predicted octanol–water partition coefficient (Wildman–Crippen LogP) is 3.51. The molecule has 0 bridgehead atoms. The summed E-state index contributed by atoms with van der Waals surface area (Å²) in [4.78, 5) is 0. The van der Waals surface area contributed by atoms with Crippen LogP contribution in [0.1, 0.15) is 16.7 Å². The zero-order valence-corrected chi connectivity index (χ0v) is 12.0. The van der Waals surface area contributed by atoms with Crippen molar-refractivity contribution in [2.24, 2.45) is 0 Å². The van der Waals surface area contributed by atoms with Gasteiger partial charge >= 0.3 is 0 Å². The number of hydrogen-bond acceptors (Lipinski definition) is 2. The third-order valence-electron chi connectivity index (χ3n) is 3.47. The molecule has 2 aromatic rings. The molecule has 1 heterocycles. The number of fused-ring (bicyclic) bond motifs is 1. The van der Waals surface area contributed by atoms with Gasteiger partial charge in [-0.2, -0.15) is 0 Å². The topological polar surface area (TPSA) is 24.1 Å². The van der Waals surface area contributed by atoms with Gasteiger partial charge in [0.05, 0.1) is 0 Å². The highest BCUT2D eigenvalue weighted by Crippen LogP contribution is 2.26. The summed E-state index contributed by atoms with van der Waals surface area (Å²) in [6.45, 7) is 2.50. The van der Waals surface area contributed by atoms with Gasteiger partial charge in [-0.15, -0.1) is 12.4 Å². The number of nitrogens with one attached hydrogen (secondary N) is 2. The summed E-state index contributed by atoms with van der Waals surface area (Å²) in [7, 11) is 0. The van der Waals surface area contributed by atoms with Crippen molar-refractivity contribution in [3.05, 3.63) is 65.0 Å². The molecule has 1 aliphatic rings. The first-order chi connectivity index (χ1) is 9.33. The van der Waals surface area contributed by atoms with E-state index in [9.17, 15) is 4.39 Å². The van der Waals surface area contributed by atoms with Crippen LogP contribution in [0.25, 0.3) is 0 Å². The van der Waals surface area contributed by atoms with Crippen molar-refractivity contribution >= 4 is 18.1 Å². The highest BCUT2D eigenvalue weighted by Gasteiger charge is 2.12. The van der Waals surface area contributed by atoms with Crippen molar-refractivity contribution in [2.45, 2.75) is 19.5 Å². The molecule has 2 nitrogen and oxygen atoms in total. The van der Waals surface area contributed by atoms with E-state index in [0.717, 1.165) is 25.1 Å². The standard InChI is InChI=1S/C16H17FN2.ClH/c17-15-6-1-3-12(9-15)10-18-11-14-5-2-4-13-7-8-19-16(13)14;/h1-6,9,18-19H,7-8,10-11H2;1H. The van der Waals surface area contributed by atoms with Crippen LogP contribution in [0.2, 0.25) is 0 Å². The lowest BCUT2D eigenvalue weighted by molar-refractivity contribution is 0.620. The van der Waals surface area contributed by atoms with E-state index < -0.39 is 0 Å². The van der Waals surface area contributed by atoms with Crippen LogP contribution in [0, 0.1) is 5.82 Å². The van der Waals surface area contributed by atoms with Gasteiger partial charge in [0, 0.05) is 25.3 Å². The molecule has 0 fully saturated rings. The fourth-order valence-electron chi connectivity index (χ4n) is 2.55. The maximum absolute atomic E-state index is 13.1. The van der Waals surface area contributed by atoms with Gasteiger partial charge in [0.15, 0.2) is 0 Å². The second-order valence-electron chi connectivity index (χ2n) is 4.86. The summed E-state index contributed by atoms with van der Waals surface area (Å²) in [5.41, 5.74) is 4.92. The van der Waals surface area contributed by atoms with Crippen LogP contribution in [-0.2, 0) is 19.5 Å². The summed E-state index contributed by atoms with van der Waals surface area (Å²) >= 11 is 0. The number of rotatable bonds is 4. The molecule has 0 saturated heterocycles. The number of anilines is 1. The molecule has 3 rings (SSSR count). The van der Waals surface area contributed by atoms with Crippen LogP contribution in [-0.4, -0.2) is 6.54 Å². The molecular formula is C16H18ClFN2. The maximum Gasteiger partial charge on any atom is 0.123 e. The lowest BCUT2D eigenvalue weighted by atomic mass is 10.1. The predicted molar refractivity (Wildman–Crippen MR) is 82.8 cm³/mol. The first kappa shape index (κ1) is 14.8. The van der Waals surface area contributed by atoms with Gasteiger partial charge in [-0.05, 0) is 35.2 Å². The molecular weight excluding hydrogens is 275 g/mol. The van der Waals surface area contributed by atoms with Crippen molar-refractivity contribution in [2.75, 3.05) is 11.9 Å². The number of halogens is 2. The molecule has 106 valence electrons. The van der Waals surface area contributed by atoms with E-state index in [-0.39, 0.29) is 18.2 Å². The van der Waals surface area contributed by atoms with Crippen molar-refractivity contribution in [3.63, 3.8) is 0 Å². The first-order valence-corrected chi connectivity index (χ1v) is 6.63. The summed E-state index contributed by atoms with van der Waals surface area (Å²) < 4.78 is 13.1. The fraction of sp³-hybridized carbons (Fsp3) is 0.250. The quantitative estimate of drug-likeness (QED) is 0.901. The Morgan fingerprint density at radius 2 is 1.95 bits per heavy atom. The summed E-state index contributed by atoms with van der Waals surface area (Å²) in [5.74, 6) is -0.179. The molecule has 0 unspecified atom stereocenters. The zero-order chi connectivity index (χ0) is 13.1. The van der Waals surface area contributed by atoms with Crippen LogP contribution in [0.15, 0.2) is 42.5 Å². The van der Waals surface area contributed by atoms with E-state index in [1.807, 2.05) is 6.07 Å². The normalized spacial score (nSPS) is 12.4. The van der Waals surface area contributed by atoms with Crippen molar-refractivity contribution in [1.29, 1.82) is 0 Å². The maximum atomic E-state index is 13.1. The van der Waals surface area contributed by atoms with Crippen LogP contribution < -0.4 is 10.6 Å². The van der Waals surface area contributed by atoms with Crippen LogP contribution >= 0.6 is 12.4 Å². The van der Waals surface area contributed by atoms with Crippen molar-refractivity contribution < 1.29 is 4.39 Å². The summed E-state index contributed by atoms with van der Waals surface area (Å²) in [6.07, 6.45) is 1.10. The lowest BCUT2D eigenvalue weighted by Gasteiger charge is -2.10. The minimum Gasteiger partial charge on any atom is -0.384 e. The van der Waals surface area contributed by atoms with E-state index in [1.165, 1.54) is 22.9 Å². The molecule has 0 aliphatic carbocycles. The average Bonchev–Trinajstić information content (AvgIpc) is 2.88. The average molecular weight is 293 g/mol. The molecule has 0 aromatic heterocycles. The molecule has 1 aliphatic heterocycles. The lowest BCUT2D eigenvalue weighted by Crippen LogP contribution is -2.13. The monoisotopic (exact) mass is 292 g/mol. The third-order valence-corrected chi connectivity index (χ3v) is 3.47. The highest BCUT2D eigenvalue weighted by molar-refractivity contribution is 5.85. The Morgan fingerprint density at radius 3 is 2.80 bits per heavy atom. The Kier molecular flexibility index (Phi) is 4.99. The van der Waals surface area contributed by atoms with Gasteiger partial charge < -0.3 is 10.6 Å². The Bertz CT molecular complexity index is 586. The van der Waals surface area contributed by atoms with Gasteiger partial charge in [0.25, 0.3) is 0 Å². The SMILES string of the molecule is Cl.Fc1cccc(CNCc2cccc3c2NCC3)c1. The second kappa shape index (κ2) is 6.73. The van der Waals surface area contributed by atoms with Gasteiger partial charge in [-0.1, -0.05) is 30.3 Å². The van der Waals surface area contributed by atoms with Crippen molar-refractivity contribution in [1.82, 2.24) is 5.32 Å². The Labute approximate surface area is 124 Å². The Hall–Kier alpha value is -1.58. The summed E-state index contributed by atoms with van der Waals surface area (Å²) in [6, 6.07) is 13.1. The van der Waals surface area contributed by atoms with Gasteiger partial charge in [-0.25, -0.2) is 4.39 Å². The third kappa shape index (κ3) is 3.30. The van der Waals surface area contributed by atoms with Crippen molar-refractivity contribution in [3.8, 4) is 0 Å². The molecule has 0 spiro atoms. The molecule has 20 heavy (non-hydrogen) atoms. The Balaban J connectivity index is 0.00000147. The van der Waals surface area contributed by atoms with Crippen LogP contribution in [0.3, 0.4) is 0 Å². The first-order valence-electron chi connectivity index (χ1n) is 6.63. The number of para-hydroxylation sites is 1. The molecule has 2 N–H and O–H groups in total. The largest absolute Gasteiger partial charge is 0.384 e. The molecule has 0 atom stereocenters. The zero-order valence-electron chi connectivity index (χ0n) is 11.2. The second-order valence-corrected chi connectivity index (χ2v) is 4.86. The van der Waals surface area contributed by atoms with E-state index in [4.69, 9.17) is 0 Å². The van der Waals surface area contributed by atoms with E-state index in [0.29, 0.717) is 6.54 Å². The minimum absolute atomic E-state index is 0. The molecule has 2 aromatic carbocycles. The van der Waals surface area contributed by atoms with Crippen LogP contribution in [0.4, 0.5) is 10.1 Å². The van der Waals surface area contributed by atoms with Gasteiger partial charge in [0.1, 0.15) is 5.82 Å². The van der Waals surface area contributed by atoms with Gasteiger partial charge in [0.2, 0.25) is 0 Å². The minimum atomic E-state index is -0.179. The fourth-order valence-corrected chi connectivity index (χ4v) is 2.55. The molecule has 0 radical (unpaired) electrons. The number of benzene rings is 2. The Morgan fingerprint density at radius 1 is 1.10 bits per heavy atom. The van der Waals surface area contributed by atoms with E-state index >= 15 is 0 Å². The van der Waals surface area contributed by atoms with Crippen LogP contribution in [0.5, 0.6) is 0 Å². The molecule has 0 amide bonds. The summed E-state index contributed by atoms with van der Waals surface area (Å²) in [5, 5.41) is 6.79. The highest BCUT2D eigenvalue weighted by atomic mass is 35.5. The van der Waals surface area contributed by atoms with Gasteiger partial charge in [-0.3, -0.25) is 0 Å². The van der Waals surface area contributed by atoms with E-state index in [1.54, 1.807) is 12.1 Å². The molecule has 4 heteroatoms. The number of hydrogen-bond donors (Lipinski definition) is 2. The molecule has 0 saturated carbocycles. The smallest absolute Gasteiger partial charge is 0.123 e. The van der Waals surface area contributed by atoms with E-state index in [2.05, 4.69) is 28.8 Å².